The molecule has 2 aliphatic rings. The van der Waals surface area contributed by atoms with Gasteiger partial charge < -0.3 is 10.4 Å². The molecule has 0 saturated heterocycles. The van der Waals surface area contributed by atoms with Crippen LogP contribution < -0.4 is 5.32 Å². The highest BCUT2D eigenvalue weighted by Crippen LogP contribution is 2.33. The Morgan fingerprint density at radius 2 is 1.77 bits per heavy atom. The summed E-state index contributed by atoms with van der Waals surface area (Å²) in [6, 6.07) is 1.11. The van der Waals surface area contributed by atoms with E-state index < -0.39 is 0 Å². The lowest BCUT2D eigenvalue weighted by atomic mass is 9.94. The van der Waals surface area contributed by atoms with Crippen LogP contribution in [0.5, 0.6) is 0 Å². The van der Waals surface area contributed by atoms with Crippen LogP contribution in [-0.4, -0.2) is 23.8 Å². The average Bonchev–Trinajstić information content (AvgIpc) is 2.99. The molecule has 2 nitrogen and oxygen atoms in total. The first kappa shape index (κ1) is 9.47. The molecule has 2 fully saturated rings. The van der Waals surface area contributed by atoms with Gasteiger partial charge in [-0.15, -0.1) is 0 Å². The maximum absolute atomic E-state index is 9.20. The van der Waals surface area contributed by atoms with Crippen LogP contribution in [0.25, 0.3) is 0 Å². The van der Waals surface area contributed by atoms with E-state index in [9.17, 15) is 5.11 Å². The Morgan fingerprint density at radius 3 is 2.31 bits per heavy atom. The Bertz CT molecular complexity index is 150. The summed E-state index contributed by atoms with van der Waals surface area (Å²) >= 11 is 0. The van der Waals surface area contributed by atoms with Gasteiger partial charge in [0.15, 0.2) is 0 Å². The number of aliphatic hydroxyl groups excluding tert-OH is 1. The lowest BCUT2D eigenvalue weighted by molar-refractivity contribution is 0.205. The number of hydrogen-bond acceptors (Lipinski definition) is 2. The Hall–Kier alpha value is -0.0800. The topological polar surface area (TPSA) is 32.3 Å². The molecule has 0 aliphatic heterocycles. The number of hydrogen-bond donors (Lipinski definition) is 2. The highest BCUT2D eigenvalue weighted by atomic mass is 16.3. The van der Waals surface area contributed by atoms with Crippen molar-refractivity contribution in [1.29, 1.82) is 0 Å². The van der Waals surface area contributed by atoms with Crippen LogP contribution in [0.2, 0.25) is 0 Å². The highest BCUT2D eigenvalue weighted by molar-refractivity contribution is 4.88. The molecule has 0 amide bonds. The fraction of sp³-hybridized carbons (Fsp3) is 1.00. The molecule has 0 bridgehead atoms. The van der Waals surface area contributed by atoms with Gasteiger partial charge in [-0.1, -0.05) is 19.3 Å². The van der Waals surface area contributed by atoms with Crippen LogP contribution in [0.1, 0.15) is 44.9 Å². The van der Waals surface area contributed by atoms with Crippen molar-refractivity contribution in [1.82, 2.24) is 5.32 Å². The second-order valence-electron chi connectivity index (χ2n) is 4.63. The summed E-state index contributed by atoms with van der Waals surface area (Å²) in [6.45, 7) is 0.334. The predicted octanol–water partition coefficient (Wildman–Crippen LogP) is 1.68. The van der Waals surface area contributed by atoms with Gasteiger partial charge in [0.1, 0.15) is 0 Å². The van der Waals surface area contributed by atoms with Gasteiger partial charge in [0, 0.05) is 12.1 Å². The lowest BCUT2D eigenvalue weighted by Crippen LogP contribution is -2.42. The first-order valence-corrected chi connectivity index (χ1v) is 5.77. The first-order chi connectivity index (χ1) is 6.40. The Labute approximate surface area is 80.7 Å². The van der Waals surface area contributed by atoms with Crippen molar-refractivity contribution >= 4 is 0 Å². The fourth-order valence-corrected chi connectivity index (χ4v) is 2.41. The van der Waals surface area contributed by atoms with Crippen LogP contribution >= 0.6 is 0 Å². The van der Waals surface area contributed by atoms with E-state index in [0.717, 1.165) is 5.92 Å². The minimum absolute atomic E-state index is 0.334. The zero-order valence-electron chi connectivity index (χ0n) is 8.34. The van der Waals surface area contributed by atoms with E-state index >= 15 is 0 Å². The number of nitrogens with one attached hydrogen (secondary N) is 1. The summed E-state index contributed by atoms with van der Waals surface area (Å²) in [5.41, 5.74) is 0. The molecule has 0 aromatic rings. The molecule has 0 heterocycles. The van der Waals surface area contributed by atoms with Crippen molar-refractivity contribution in [3.05, 3.63) is 0 Å². The third kappa shape index (κ3) is 2.68. The summed E-state index contributed by atoms with van der Waals surface area (Å²) in [5.74, 6) is 0.784. The largest absolute Gasteiger partial charge is 0.395 e. The Morgan fingerprint density at radius 1 is 1.08 bits per heavy atom. The van der Waals surface area contributed by atoms with Gasteiger partial charge in [-0.2, -0.15) is 0 Å². The number of rotatable bonds is 4. The molecule has 13 heavy (non-hydrogen) atoms. The van der Waals surface area contributed by atoms with Crippen molar-refractivity contribution in [2.24, 2.45) is 5.92 Å². The molecule has 2 rings (SSSR count). The minimum atomic E-state index is 0.334. The monoisotopic (exact) mass is 183 g/mol. The molecule has 0 aromatic heterocycles. The molecule has 0 radical (unpaired) electrons. The minimum Gasteiger partial charge on any atom is -0.395 e. The van der Waals surface area contributed by atoms with Crippen LogP contribution in [0.15, 0.2) is 0 Å². The summed E-state index contributed by atoms with van der Waals surface area (Å²) in [4.78, 5) is 0. The van der Waals surface area contributed by atoms with Gasteiger partial charge >= 0.3 is 0 Å². The molecule has 0 aromatic carbocycles. The number of aliphatic hydroxyl groups is 1. The van der Waals surface area contributed by atoms with Gasteiger partial charge in [-0.25, -0.2) is 0 Å². The van der Waals surface area contributed by atoms with Gasteiger partial charge in [0.25, 0.3) is 0 Å². The average molecular weight is 183 g/mol. The van der Waals surface area contributed by atoms with Crippen molar-refractivity contribution in [2.45, 2.75) is 57.0 Å². The molecule has 2 saturated carbocycles. The molecular formula is C11H21NO. The van der Waals surface area contributed by atoms with E-state index in [1.807, 2.05) is 0 Å². The van der Waals surface area contributed by atoms with Gasteiger partial charge in [0.05, 0.1) is 6.61 Å². The third-order valence-corrected chi connectivity index (χ3v) is 3.44. The second-order valence-corrected chi connectivity index (χ2v) is 4.63. The van der Waals surface area contributed by atoms with Crippen LogP contribution in [0, 0.1) is 5.92 Å². The van der Waals surface area contributed by atoms with Crippen LogP contribution in [0.3, 0.4) is 0 Å². The van der Waals surface area contributed by atoms with Crippen LogP contribution in [0.4, 0.5) is 0 Å². The zero-order valence-corrected chi connectivity index (χ0v) is 8.34. The van der Waals surface area contributed by atoms with E-state index in [2.05, 4.69) is 5.32 Å². The molecule has 2 N–H and O–H groups in total. The van der Waals surface area contributed by atoms with Crippen LogP contribution in [-0.2, 0) is 0 Å². The summed E-state index contributed by atoms with van der Waals surface area (Å²) < 4.78 is 0. The van der Waals surface area contributed by atoms with Crippen molar-refractivity contribution in [3.8, 4) is 0 Å². The molecule has 76 valence electrons. The SMILES string of the molecule is OCC(NC1CCCCC1)C1CC1. The normalized spacial score (nSPS) is 27.5. The quantitative estimate of drug-likeness (QED) is 0.695. The zero-order chi connectivity index (χ0) is 9.10. The van der Waals surface area contributed by atoms with E-state index in [1.54, 1.807) is 0 Å². The Kier molecular flexibility index (Phi) is 3.23. The third-order valence-electron chi connectivity index (χ3n) is 3.44. The first-order valence-electron chi connectivity index (χ1n) is 5.77. The van der Waals surface area contributed by atoms with Gasteiger partial charge in [0.2, 0.25) is 0 Å². The van der Waals surface area contributed by atoms with Gasteiger partial charge in [-0.3, -0.25) is 0 Å². The van der Waals surface area contributed by atoms with E-state index in [1.165, 1.54) is 44.9 Å². The molecule has 2 aliphatic carbocycles. The molecule has 2 heteroatoms. The van der Waals surface area contributed by atoms with E-state index in [0.29, 0.717) is 18.7 Å². The maximum Gasteiger partial charge on any atom is 0.0587 e. The lowest BCUT2D eigenvalue weighted by Gasteiger charge is -2.27. The van der Waals surface area contributed by atoms with E-state index in [-0.39, 0.29) is 0 Å². The standard InChI is InChI=1S/C11H21NO/c13-8-11(9-6-7-9)12-10-4-2-1-3-5-10/h9-13H,1-8H2. The Balaban J connectivity index is 1.73. The molecule has 0 spiro atoms. The van der Waals surface area contributed by atoms with Crippen molar-refractivity contribution in [2.75, 3.05) is 6.61 Å². The summed E-state index contributed by atoms with van der Waals surface area (Å²) in [7, 11) is 0. The molecular weight excluding hydrogens is 162 g/mol. The predicted molar refractivity (Wildman–Crippen MR) is 53.6 cm³/mol. The van der Waals surface area contributed by atoms with Crippen molar-refractivity contribution < 1.29 is 5.11 Å². The molecule has 1 atom stereocenters. The van der Waals surface area contributed by atoms with Gasteiger partial charge in [-0.05, 0) is 31.6 Å². The van der Waals surface area contributed by atoms with Crippen molar-refractivity contribution in [3.63, 3.8) is 0 Å². The van der Waals surface area contributed by atoms with E-state index in [4.69, 9.17) is 0 Å². The smallest absolute Gasteiger partial charge is 0.0587 e. The highest BCUT2D eigenvalue weighted by Gasteiger charge is 2.32. The summed E-state index contributed by atoms with van der Waals surface area (Å²) in [5, 5.41) is 12.8. The second kappa shape index (κ2) is 4.43. The molecule has 1 unspecified atom stereocenters. The summed E-state index contributed by atoms with van der Waals surface area (Å²) in [6.07, 6.45) is 9.45. The maximum atomic E-state index is 9.20. The fourth-order valence-electron chi connectivity index (χ4n) is 2.41.